The predicted molar refractivity (Wildman–Crippen MR) is 66.1 cm³/mol. The van der Waals surface area contributed by atoms with Gasteiger partial charge >= 0.3 is 10.1 Å². The first-order valence-electron chi connectivity index (χ1n) is 5.06. The van der Waals surface area contributed by atoms with Gasteiger partial charge in [0, 0.05) is 30.6 Å². The Balaban J connectivity index is 2.89. The lowest BCUT2D eigenvalue weighted by atomic mass is 10.1. The minimum absolute atomic E-state index is 0.168. The summed E-state index contributed by atoms with van der Waals surface area (Å²) < 4.78 is 33.5. The fourth-order valence-corrected chi connectivity index (χ4v) is 2.57. The smallest absolute Gasteiger partial charge is 0.324 e. The van der Waals surface area contributed by atoms with Crippen molar-refractivity contribution in [3.8, 4) is 0 Å². The van der Waals surface area contributed by atoms with Gasteiger partial charge in [-0.1, -0.05) is 28.8 Å². The first kappa shape index (κ1) is 11.9. The Morgan fingerprint density at radius 2 is 1.53 bits per heavy atom. The Hall–Kier alpha value is -1.59. The highest BCUT2D eigenvalue weighted by atomic mass is 32.2. The van der Waals surface area contributed by atoms with Gasteiger partial charge in [0.2, 0.25) is 0 Å². The highest BCUT2D eigenvalue weighted by molar-refractivity contribution is 7.85. The van der Waals surface area contributed by atoms with Gasteiger partial charge in [-0.2, -0.15) is 8.42 Å². The summed E-state index contributed by atoms with van der Waals surface area (Å²) in [5.74, 6) is 0. The maximum Gasteiger partial charge on any atom is 0.324 e. The first-order valence-corrected chi connectivity index (χ1v) is 6.47. The highest BCUT2D eigenvalue weighted by Gasteiger charge is 2.16. The van der Waals surface area contributed by atoms with E-state index in [1.807, 2.05) is 25.1 Å². The summed E-state index contributed by atoms with van der Waals surface area (Å²) in [6, 6.07) is 9.99. The molecule has 2 rings (SSSR count). The molecule has 2 aromatic carbocycles. The van der Waals surface area contributed by atoms with Gasteiger partial charge in [0.25, 0.3) is 0 Å². The Kier molecular flexibility index (Phi) is 2.81. The van der Waals surface area contributed by atoms with Gasteiger partial charge in [0.05, 0.1) is 0 Å². The molecular formula is C12H12NO3S. The fourth-order valence-electron chi connectivity index (χ4n) is 1.87. The quantitative estimate of drug-likeness (QED) is 0.819. The molecule has 0 fully saturated rings. The van der Waals surface area contributed by atoms with Gasteiger partial charge in [0.1, 0.15) is 4.90 Å². The van der Waals surface area contributed by atoms with Gasteiger partial charge in [-0.3, -0.25) is 0 Å². The SMILES string of the molecule is CN(C)c1cccc2c(S([O])(=O)=O)cccc12. The molecule has 0 aliphatic carbocycles. The van der Waals surface area contributed by atoms with Crippen molar-refractivity contribution in [3.05, 3.63) is 36.4 Å². The summed E-state index contributed by atoms with van der Waals surface area (Å²) in [6.45, 7) is 0. The van der Waals surface area contributed by atoms with Crippen LogP contribution in [0.4, 0.5) is 5.69 Å². The molecule has 0 heterocycles. The fraction of sp³-hybridized carbons (Fsp3) is 0.167. The van der Waals surface area contributed by atoms with Crippen molar-refractivity contribution >= 4 is 26.6 Å². The molecule has 0 aromatic heterocycles. The second-order valence-electron chi connectivity index (χ2n) is 3.98. The van der Waals surface area contributed by atoms with Crippen LogP contribution in [0.1, 0.15) is 0 Å². The first-order chi connectivity index (χ1) is 7.91. The number of rotatable bonds is 2. The third-order valence-corrected chi connectivity index (χ3v) is 3.50. The van der Waals surface area contributed by atoms with Crippen LogP contribution in [0.5, 0.6) is 0 Å². The molecule has 0 aliphatic heterocycles. The molecule has 1 radical (unpaired) electrons. The summed E-state index contributed by atoms with van der Waals surface area (Å²) in [5.41, 5.74) is 0.882. The van der Waals surface area contributed by atoms with Crippen molar-refractivity contribution in [2.45, 2.75) is 4.90 Å². The van der Waals surface area contributed by atoms with E-state index < -0.39 is 10.1 Å². The molecule has 0 unspecified atom stereocenters. The molecule has 0 bridgehead atoms. The normalized spacial score (nSPS) is 11.7. The van der Waals surface area contributed by atoms with Gasteiger partial charge in [0.15, 0.2) is 0 Å². The summed E-state index contributed by atoms with van der Waals surface area (Å²) in [6.07, 6.45) is 0. The van der Waals surface area contributed by atoms with E-state index in [1.165, 1.54) is 6.07 Å². The van der Waals surface area contributed by atoms with Gasteiger partial charge in [-0.15, -0.1) is 0 Å². The molecule has 2 aromatic rings. The summed E-state index contributed by atoms with van der Waals surface area (Å²) >= 11 is 0. The molecule has 4 nitrogen and oxygen atoms in total. The standard InChI is InChI=1S/C12H12NO3S/c1-13(2)11-7-3-6-10-9(11)5-4-8-12(10)17(14,15)16/h3-8H,1-2H3. The summed E-state index contributed by atoms with van der Waals surface area (Å²) in [4.78, 5) is 1.71. The number of hydrogen-bond donors (Lipinski definition) is 0. The highest BCUT2D eigenvalue weighted by Crippen LogP contribution is 2.29. The van der Waals surface area contributed by atoms with Crippen LogP contribution in [-0.4, -0.2) is 22.5 Å². The lowest BCUT2D eigenvalue weighted by Gasteiger charge is -2.15. The van der Waals surface area contributed by atoms with E-state index >= 15 is 0 Å². The largest absolute Gasteiger partial charge is 0.377 e. The van der Waals surface area contributed by atoms with Crippen LogP contribution in [0.2, 0.25) is 0 Å². The zero-order valence-electron chi connectivity index (χ0n) is 9.54. The maximum absolute atomic E-state index is 11.2. The molecule has 0 aliphatic rings. The Morgan fingerprint density at radius 1 is 0.941 bits per heavy atom. The van der Waals surface area contributed by atoms with Crippen molar-refractivity contribution in [2.75, 3.05) is 19.0 Å². The third kappa shape index (κ3) is 2.11. The monoisotopic (exact) mass is 250 g/mol. The van der Waals surface area contributed by atoms with E-state index in [2.05, 4.69) is 0 Å². The van der Waals surface area contributed by atoms with Crippen LogP contribution in [-0.2, 0) is 14.7 Å². The number of anilines is 1. The number of fused-ring (bicyclic) bond motifs is 1. The van der Waals surface area contributed by atoms with Crippen LogP contribution in [0.15, 0.2) is 41.3 Å². The van der Waals surface area contributed by atoms with Gasteiger partial charge in [-0.25, -0.2) is 0 Å². The second kappa shape index (κ2) is 4.01. The predicted octanol–water partition coefficient (Wildman–Crippen LogP) is 2.02. The number of nitrogens with zero attached hydrogens (tertiary/aromatic N) is 1. The second-order valence-corrected chi connectivity index (χ2v) is 5.33. The Bertz CT molecular complexity index is 663. The van der Waals surface area contributed by atoms with Crippen molar-refractivity contribution in [1.82, 2.24) is 0 Å². The Labute approximate surface area is 100 Å². The third-order valence-electron chi connectivity index (χ3n) is 2.61. The van der Waals surface area contributed by atoms with E-state index in [1.54, 1.807) is 24.3 Å². The lowest BCUT2D eigenvalue weighted by molar-refractivity contribution is 0.415. The molecule has 0 spiro atoms. The topological polar surface area (TPSA) is 57.3 Å². The lowest BCUT2D eigenvalue weighted by Crippen LogP contribution is -2.09. The van der Waals surface area contributed by atoms with Crippen molar-refractivity contribution < 1.29 is 13.0 Å². The number of hydrogen-bond acceptors (Lipinski definition) is 3. The van der Waals surface area contributed by atoms with Gasteiger partial charge in [-0.05, 0) is 12.1 Å². The van der Waals surface area contributed by atoms with Crippen LogP contribution >= 0.6 is 0 Å². The molecule has 89 valence electrons. The van der Waals surface area contributed by atoms with Crippen LogP contribution in [0.3, 0.4) is 0 Å². The van der Waals surface area contributed by atoms with E-state index in [0.717, 1.165) is 11.1 Å². The molecule has 0 N–H and O–H groups in total. The van der Waals surface area contributed by atoms with E-state index in [9.17, 15) is 13.0 Å². The maximum atomic E-state index is 11.2. The molecule has 0 amide bonds. The van der Waals surface area contributed by atoms with Crippen LogP contribution in [0.25, 0.3) is 10.8 Å². The van der Waals surface area contributed by atoms with Gasteiger partial charge < -0.3 is 4.90 Å². The zero-order valence-corrected chi connectivity index (χ0v) is 10.4. The minimum atomic E-state index is -4.44. The average Bonchev–Trinajstić information content (AvgIpc) is 2.26. The van der Waals surface area contributed by atoms with Crippen LogP contribution in [0, 0.1) is 0 Å². The molecule has 0 saturated heterocycles. The molecule has 17 heavy (non-hydrogen) atoms. The van der Waals surface area contributed by atoms with Crippen LogP contribution < -0.4 is 4.90 Å². The number of benzene rings is 2. The average molecular weight is 250 g/mol. The summed E-state index contributed by atoms with van der Waals surface area (Å²) in [5, 5.41) is 1.23. The summed E-state index contributed by atoms with van der Waals surface area (Å²) in [7, 11) is -0.704. The minimum Gasteiger partial charge on any atom is -0.377 e. The molecule has 0 saturated carbocycles. The molecule has 5 heteroatoms. The van der Waals surface area contributed by atoms with Crippen molar-refractivity contribution in [1.29, 1.82) is 0 Å². The van der Waals surface area contributed by atoms with E-state index in [0.29, 0.717) is 5.39 Å². The zero-order chi connectivity index (χ0) is 12.6. The van der Waals surface area contributed by atoms with Crippen molar-refractivity contribution in [2.24, 2.45) is 0 Å². The molecular weight excluding hydrogens is 238 g/mol. The van der Waals surface area contributed by atoms with E-state index in [4.69, 9.17) is 0 Å². The Morgan fingerprint density at radius 3 is 2.12 bits per heavy atom. The van der Waals surface area contributed by atoms with E-state index in [-0.39, 0.29) is 4.90 Å². The van der Waals surface area contributed by atoms with Crippen molar-refractivity contribution in [3.63, 3.8) is 0 Å². The molecule has 0 atom stereocenters.